The molecule has 1 atom stereocenters. The van der Waals surface area contributed by atoms with Crippen molar-refractivity contribution in [2.24, 2.45) is 0 Å². The topological polar surface area (TPSA) is 84.1 Å². The number of carbonyl (C=O) groups excluding carboxylic acids is 1. The molecule has 0 saturated heterocycles. The number of rotatable bonds is 6. The number of para-hydroxylation sites is 2. The molecule has 1 heterocycles. The lowest BCUT2D eigenvalue weighted by Crippen LogP contribution is -2.25. The van der Waals surface area contributed by atoms with Gasteiger partial charge in [0, 0.05) is 12.3 Å². The Morgan fingerprint density at radius 1 is 1.41 bits per heavy atom. The highest BCUT2D eigenvalue weighted by Gasteiger charge is 2.20. The minimum Gasteiger partial charge on any atom is -0.495 e. The Bertz CT molecular complexity index is 702. The van der Waals surface area contributed by atoms with E-state index in [2.05, 4.69) is 15.3 Å². The average Bonchev–Trinajstić information content (AvgIpc) is 2.53. The van der Waals surface area contributed by atoms with Crippen molar-refractivity contribution in [2.75, 3.05) is 12.4 Å². The summed E-state index contributed by atoms with van der Waals surface area (Å²) in [5, 5.41) is 2.90. The Labute approximate surface area is 132 Å². The van der Waals surface area contributed by atoms with E-state index in [1.165, 1.54) is 24.0 Å². The summed E-state index contributed by atoms with van der Waals surface area (Å²) in [5.41, 5.74) is 0.376. The van der Waals surface area contributed by atoms with Crippen molar-refractivity contribution in [3.63, 3.8) is 0 Å². The molecule has 0 radical (unpaired) electrons. The summed E-state index contributed by atoms with van der Waals surface area (Å²) in [4.78, 5) is 30.3. The number of amides is 1. The zero-order valence-corrected chi connectivity index (χ0v) is 13.1. The van der Waals surface area contributed by atoms with E-state index in [4.69, 9.17) is 4.74 Å². The van der Waals surface area contributed by atoms with Crippen molar-refractivity contribution < 1.29 is 9.53 Å². The van der Waals surface area contributed by atoms with Gasteiger partial charge in [-0.15, -0.1) is 0 Å². The van der Waals surface area contributed by atoms with Gasteiger partial charge in [-0.1, -0.05) is 30.8 Å². The predicted octanol–water partition coefficient (Wildman–Crippen LogP) is 2.29. The van der Waals surface area contributed by atoms with E-state index in [1.54, 1.807) is 19.2 Å². The SMILES string of the molecule is CCC(Sc1nccc(=O)[nH]1)C(=O)Nc1ccccc1OC. The number of hydrogen-bond donors (Lipinski definition) is 2. The maximum Gasteiger partial charge on any atom is 0.251 e. The van der Waals surface area contributed by atoms with Crippen LogP contribution in [-0.2, 0) is 4.79 Å². The first-order valence-electron chi connectivity index (χ1n) is 6.80. The molecule has 116 valence electrons. The number of methoxy groups -OCH3 is 1. The van der Waals surface area contributed by atoms with Crippen LogP contribution in [0.3, 0.4) is 0 Å². The van der Waals surface area contributed by atoms with E-state index in [-0.39, 0.29) is 16.7 Å². The van der Waals surface area contributed by atoms with Gasteiger partial charge in [0.05, 0.1) is 18.0 Å². The first-order valence-corrected chi connectivity index (χ1v) is 7.68. The molecule has 0 aliphatic rings. The highest BCUT2D eigenvalue weighted by molar-refractivity contribution is 8.00. The maximum absolute atomic E-state index is 12.4. The summed E-state index contributed by atoms with van der Waals surface area (Å²) in [5.74, 6) is 0.436. The maximum atomic E-state index is 12.4. The van der Waals surface area contributed by atoms with Crippen LogP contribution in [-0.4, -0.2) is 28.2 Å². The Hall–Kier alpha value is -2.28. The summed E-state index contributed by atoms with van der Waals surface area (Å²) < 4.78 is 5.21. The van der Waals surface area contributed by atoms with Gasteiger partial charge in [0.15, 0.2) is 5.16 Å². The molecule has 1 aromatic heterocycles. The molecule has 2 N–H and O–H groups in total. The zero-order chi connectivity index (χ0) is 15.9. The number of nitrogens with one attached hydrogen (secondary N) is 2. The highest BCUT2D eigenvalue weighted by atomic mass is 32.2. The lowest BCUT2D eigenvalue weighted by atomic mass is 10.2. The van der Waals surface area contributed by atoms with Crippen LogP contribution < -0.4 is 15.6 Å². The Balaban J connectivity index is 2.10. The van der Waals surface area contributed by atoms with Gasteiger partial charge in [-0.05, 0) is 18.6 Å². The smallest absolute Gasteiger partial charge is 0.251 e. The molecule has 0 aliphatic heterocycles. The van der Waals surface area contributed by atoms with Crippen LogP contribution >= 0.6 is 11.8 Å². The number of nitrogens with zero attached hydrogens (tertiary/aromatic N) is 1. The number of benzene rings is 1. The minimum absolute atomic E-state index is 0.163. The van der Waals surface area contributed by atoms with E-state index in [9.17, 15) is 9.59 Å². The summed E-state index contributed by atoms with van der Waals surface area (Å²) in [6, 6.07) is 8.54. The molecular formula is C15H17N3O3S. The fraction of sp³-hybridized carbons (Fsp3) is 0.267. The van der Waals surface area contributed by atoms with Gasteiger partial charge < -0.3 is 15.0 Å². The minimum atomic E-state index is -0.365. The molecule has 1 unspecified atom stereocenters. The van der Waals surface area contributed by atoms with Crippen LogP contribution in [0, 0.1) is 0 Å². The van der Waals surface area contributed by atoms with Crippen LogP contribution in [0.5, 0.6) is 5.75 Å². The van der Waals surface area contributed by atoms with E-state index in [1.807, 2.05) is 19.1 Å². The summed E-state index contributed by atoms with van der Waals surface area (Å²) >= 11 is 1.22. The summed E-state index contributed by atoms with van der Waals surface area (Å²) in [7, 11) is 1.55. The molecule has 0 saturated carbocycles. The molecule has 6 nitrogen and oxygen atoms in total. The van der Waals surface area contributed by atoms with Crippen LogP contribution in [0.1, 0.15) is 13.3 Å². The fourth-order valence-electron chi connectivity index (χ4n) is 1.83. The molecule has 2 rings (SSSR count). The number of aromatic nitrogens is 2. The van der Waals surface area contributed by atoms with Crippen LogP contribution in [0.2, 0.25) is 0 Å². The second-order valence-corrected chi connectivity index (χ2v) is 5.63. The zero-order valence-electron chi connectivity index (χ0n) is 12.3. The van der Waals surface area contributed by atoms with Crippen molar-refractivity contribution >= 4 is 23.4 Å². The van der Waals surface area contributed by atoms with Gasteiger partial charge in [-0.25, -0.2) is 4.98 Å². The third-order valence-electron chi connectivity index (χ3n) is 2.93. The molecule has 22 heavy (non-hydrogen) atoms. The van der Waals surface area contributed by atoms with Crippen LogP contribution in [0.15, 0.2) is 46.5 Å². The predicted molar refractivity (Wildman–Crippen MR) is 86.4 cm³/mol. The number of carbonyl (C=O) groups is 1. The number of aromatic amines is 1. The normalized spacial score (nSPS) is 11.7. The van der Waals surface area contributed by atoms with Crippen LogP contribution in [0.25, 0.3) is 0 Å². The van der Waals surface area contributed by atoms with Crippen molar-refractivity contribution in [3.05, 3.63) is 46.9 Å². The van der Waals surface area contributed by atoms with Gasteiger partial charge in [0.25, 0.3) is 5.56 Å². The molecule has 7 heteroatoms. The number of H-pyrrole nitrogens is 1. The quantitative estimate of drug-likeness (QED) is 0.630. The Morgan fingerprint density at radius 2 is 2.18 bits per heavy atom. The van der Waals surface area contributed by atoms with Crippen molar-refractivity contribution in [3.8, 4) is 5.75 Å². The van der Waals surface area contributed by atoms with E-state index in [0.717, 1.165) is 0 Å². The molecule has 1 amide bonds. The number of anilines is 1. The fourth-order valence-corrected chi connectivity index (χ4v) is 2.71. The van der Waals surface area contributed by atoms with Crippen LogP contribution in [0.4, 0.5) is 5.69 Å². The number of ether oxygens (including phenoxy) is 1. The van der Waals surface area contributed by atoms with Gasteiger partial charge in [0.1, 0.15) is 5.75 Å². The Morgan fingerprint density at radius 3 is 2.86 bits per heavy atom. The van der Waals surface area contributed by atoms with Crippen molar-refractivity contribution in [1.29, 1.82) is 0 Å². The molecule has 0 spiro atoms. The lowest BCUT2D eigenvalue weighted by molar-refractivity contribution is -0.115. The first-order chi connectivity index (χ1) is 10.6. The second-order valence-electron chi connectivity index (χ2n) is 4.44. The standard InChI is InChI=1S/C15H17N3O3S/c1-3-12(22-15-16-9-8-13(19)18-15)14(20)17-10-6-4-5-7-11(10)21-2/h4-9,12H,3H2,1-2H3,(H,17,20)(H,16,18,19). The van der Waals surface area contributed by atoms with Gasteiger partial charge in [-0.2, -0.15) is 0 Å². The number of thioether (sulfide) groups is 1. The average molecular weight is 319 g/mol. The number of hydrogen-bond acceptors (Lipinski definition) is 5. The van der Waals surface area contributed by atoms with Gasteiger partial charge >= 0.3 is 0 Å². The first kappa shape index (κ1) is 16.1. The summed E-state index contributed by atoms with van der Waals surface area (Å²) in [6.45, 7) is 1.90. The largest absolute Gasteiger partial charge is 0.495 e. The molecule has 0 aliphatic carbocycles. The van der Waals surface area contributed by atoms with E-state index < -0.39 is 0 Å². The molecule has 0 fully saturated rings. The second kappa shape index (κ2) is 7.65. The van der Waals surface area contributed by atoms with E-state index in [0.29, 0.717) is 23.0 Å². The molecule has 1 aromatic carbocycles. The van der Waals surface area contributed by atoms with Crippen molar-refractivity contribution in [2.45, 2.75) is 23.8 Å². The lowest BCUT2D eigenvalue weighted by Gasteiger charge is -2.15. The molecule has 0 bridgehead atoms. The van der Waals surface area contributed by atoms with Gasteiger partial charge in [-0.3, -0.25) is 9.59 Å². The highest BCUT2D eigenvalue weighted by Crippen LogP contribution is 2.26. The third kappa shape index (κ3) is 4.11. The van der Waals surface area contributed by atoms with Crippen molar-refractivity contribution in [1.82, 2.24) is 9.97 Å². The molecule has 2 aromatic rings. The Kier molecular flexibility index (Phi) is 5.60. The van der Waals surface area contributed by atoms with E-state index >= 15 is 0 Å². The third-order valence-corrected chi connectivity index (χ3v) is 4.19. The summed E-state index contributed by atoms with van der Waals surface area (Å²) in [6.07, 6.45) is 2.02. The monoisotopic (exact) mass is 319 g/mol. The molecular weight excluding hydrogens is 302 g/mol. The van der Waals surface area contributed by atoms with Gasteiger partial charge in [0.2, 0.25) is 5.91 Å².